The highest BCUT2D eigenvalue weighted by Crippen LogP contribution is 2.11. The molecule has 0 saturated carbocycles. The molecule has 0 aromatic heterocycles. The van der Waals surface area contributed by atoms with Gasteiger partial charge >= 0.3 is 5.97 Å². The van der Waals surface area contributed by atoms with Crippen molar-refractivity contribution < 1.29 is 9.53 Å². The van der Waals surface area contributed by atoms with Gasteiger partial charge in [-0.15, -0.1) is 0 Å². The second-order valence-corrected chi connectivity index (χ2v) is 3.31. The lowest BCUT2D eigenvalue weighted by molar-refractivity contribution is -0.148. The van der Waals surface area contributed by atoms with Crippen LogP contribution in [0.25, 0.3) is 0 Å². The first-order valence-corrected chi connectivity index (χ1v) is 4.48. The van der Waals surface area contributed by atoms with E-state index in [1.807, 2.05) is 0 Å². The van der Waals surface area contributed by atoms with E-state index in [-0.39, 0.29) is 11.9 Å². The topological polar surface area (TPSA) is 52.3 Å². The van der Waals surface area contributed by atoms with Gasteiger partial charge in [0.2, 0.25) is 0 Å². The third kappa shape index (κ3) is 4.34. The van der Waals surface area contributed by atoms with Crippen molar-refractivity contribution in [2.24, 2.45) is 17.6 Å². The maximum absolute atomic E-state index is 11.2. The third-order valence-corrected chi connectivity index (χ3v) is 1.66. The van der Waals surface area contributed by atoms with E-state index in [4.69, 9.17) is 10.5 Å². The van der Waals surface area contributed by atoms with Crippen LogP contribution in [0.15, 0.2) is 0 Å². The monoisotopic (exact) mass is 173 g/mol. The van der Waals surface area contributed by atoms with E-state index < -0.39 is 0 Å². The number of ether oxygens (including phenoxy) is 1. The number of hydrogen-bond acceptors (Lipinski definition) is 3. The number of rotatable bonds is 5. The second kappa shape index (κ2) is 6.00. The maximum Gasteiger partial charge on any atom is 0.310 e. The Balaban J connectivity index is 3.87. The highest BCUT2D eigenvalue weighted by Gasteiger charge is 2.18. The van der Waals surface area contributed by atoms with Crippen LogP contribution in [-0.2, 0) is 9.53 Å². The summed E-state index contributed by atoms with van der Waals surface area (Å²) in [5.41, 5.74) is 5.45. The van der Waals surface area contributed by atoms with Gasteiger partial charge in [0, 0.05) is 6.54 Å². The summed E-state index contributed by atoms with van der Waals surface area (Å²) in [4.78, 5) is 11.2. The highest BCUT2D eigenvalue weighted by molar-refractivity contribution is 5.72. The largest absolute Gasteiger partial charge is 0.466 e. The van der Waals surface area contributed by atoms with Crippen LogP contribution >= 0.6 is 0 Å². The number of carbonyl (C=O) groups is 1. The van der Waals surface area contributed by atoms with Gasteiger partial charge in [-0.05, 0) is 19.3 Å². The summed E-state index contributed by atoms with van der Waals surface area (Å²) < 4.78 is 4.88. The van der Waals surface area contributed by atoms with Gasteiger partial charge in [0.15, 0.2) is 0 Å². The minimum Gasteiger partial charge on any atom is -0.466 e. The molecule has 0 aliphatic carbocycles. The van der Waals surface area contributed by atoms with Crippen LogP contribution in [0.3, 0.4) is 0 Å². The Labute approximate surface area is 74.3 Å². The number of hydrogen-bond donors (Lipinski definition) is 1. The predicted octanol–water partition coefficient (Wildman–Crippen LogP) is 1.17. The van der Waals surface area contributed by atoms with Gasteiger partial charge in [-0.1, -0.05) is 13.8 Å². The van der Waals surface area contributed by atoms with Gasteiger partial charge in [-0.3, -0.25) is 4.79 Å². The van der Waals surface area contributed by atoms with E-state index in [9.17, 15) is 4.79 Å². The summed E-state index contributed by atoms with van der Waals surface area (Å²) in [5, 5.41) is 0. The van der Waals surface area contributed by atoms with Crippen molar-refractivity contribution in [3.63, 3.8) is 0 Å². The summed E-state index contributed by atoms with van der Waals surface area (Å²) in [5.74, 6) is 0.210. The zero-order valence-corrected chi connectivity index (χ0v) is 8.17. The average Bonchev–Trinajstić information content (AvgIpc) is 2.00. The van der Waals surface area contributed by atoms with Crippen LogP contribution in [0, 0.1) is 11.8 Å². The molecular formula is C9H19NO2. The molecule has 1 unspecified atom stereocenters. The molecule has 0 aliphatic heterocycles. The Hall–Kier alpha value is -0.570. The molecule has 0 rings (SSSR count). The Morgan fingerprint density at radius 1 is 1.50 bits per heavy atom. The SMILES string of the molecule is CCOC(=O)C(CN)CC(C)C. The lowest BCUT2D eigenvalue weighted by Gasteiger charge is -2.14. The molecule has 0 aliphatic rings. The molecule has 12 heavy (non-hydrogen) atoms. The van der Waals surface area contributed by atoms with Gasteiger partial charge in [0.25, 0.3) is 0 Å². The molecule has 0 saturated heterocycles. The predicted molar refractivity (Wildman–Crippen MR) is 48.6 cm³/mol. The maximum atomic E-state index is 11.2. The van der Waals surface area contributed by atoms with Gasteiger partial charge in [-0.25, -0.2) is 0 Å². The van der Waals surface area contributed by atoms with Crippen LogP contribution in [0.5, 0.6) is 0 Å². The molecule has 72 valence electrons. The summed E-state index contributed by atoms with van der Waals surface area (Å²) in [6, 6.07) is 0. The zero-order chi connectivity index (χ0) is 9.56. The Morgan fingerprint density at radius 3 is 2.42 bits per heavy atom. The molecule has 1 atom stereocenters. The zero-order valence-electron chi connectivity index (χ0n) is 8.17. The first kappa shape index (κ1) is 11.4. The minimum absolute atomic E-state index is 0.120. The van der Waals surface area contributed by atoms with Crippen LogP contribution in [0.2, 0.25) is 0 Å². The van der Waals surface area contributed by atoms with E-state index in [1.54, 1.807) is 6.92 Å². The van der Waals surface area contributed by atoms with E-state index in [1.165, 1.54) is 0 Å². The smallest absolute Gasteiger partial charge is 0.310 e. The van der Waals surface area contributed by atoms with Crippen molar-refractivity contribution in [3.8, 4) is 0 Å². The summed E-state index contributed by atoms with van der Waals surface area (Å²) >= 11 is 0. The first-order valence-electron chi connectivity index (χ1n) is 4.48. The van der Waals surface area contributed by atoms with Gasteiger partial charge in [0.05, 0.1) is 12.5 Å². The molecule has 0 spiro atoms. The van der Waals surface area contributed by atoms with Crippen LogP contribution < -0.4 is 5.73 Å². The first-order chi connectivity index (χ1) is 5.61. The Bertz CT molecular complexity index is 134. The van der Waals surface area contributed by atoms with Crippen molar-refractivity contribution in [3.05, 3.63) is 0 Å². The van der Waals surface area contributed by atoms with E-state index in [0.29, 0.717) is 19.1 Å². The molecular weight excluding hydrogens is 154 g/mol. The standard InChI is InChI=1S/C9H19NO2/c1-4-12-9(11)8(6-10)5-7(2)3/h7-8H,4-6,10H2,1-3H3. The van der Waals surface area contributed by atoms with Crippen molar-refractivity contribution in [1.29, 1.82) is 0 Å². The molecule has 0 fully saturated rings. The second-order valence-electron chi connectivity index (χ2n) is 3.31. The van der Waals surface area contributed by atoms with Gasteiger partial charge in [-0.2, -0.15) is 0 Å². The average molecular weight is 173 g/mol. The molecule has 0 bridgehead atoms. The molecule has 2 N–H and O–H groups in total. The highest BCUT2D eigenvalue weighted by atomic mass is 16.5. The Kier molecular flexibility index (Phi) is 5.72. The van der Waals surface area contributed by atoms with E-state index in [0.717, 1.165) is 6.42 Å². The molecule has 0 amide bonds. The fourth-order valence-corrected chi connectivity index (χ4v) is 1.12. The quantitative estimate of drug-likeness (QED) is 0.635. The summed E-state index contributed by atoms with van der Waals surface area (Å²) in [7, 11) is 0. The summed E-state index contributed by atoms with van der Waals surface area (Å²) in [6.45, 7) is 6.77. The van der Waals surface area contributed by atoms with Crippen molar-refractivity contribution in [1.82, 2.24) is 0 Å². The lowest BCUT2D eigenvalue weighted by Crippen LogP contribution is -2.27. The molecule has 0 aromatic rings. The minimum atomic E-state index is -0.159. The van der Waals surface area contributed by atoms with Crippen molar-refractivity contribution >= 4 is 5.97 Å². The van der Waals surface area contributed by atoms with E-state index in [2.05, 4.69) is 13.8 Å². The number of esters is 1. The van der Waals surface area contributed by atoms with Crippen LogP contribution in [0.1, 0.15) is 27.2 Å². The normalized spacial score (nSPS) is 13.1. The van der Waals surface area contributed by atoms with Gasteiger partial charge < -0.3 is 10.5 Å². The summed E-state index contributed by atoms with van der Waals surface area (Å²) in [6.07, 6.45) is 0.815. The van der Waals surface area contributed by atoms with Gasteiger partial charge in [0.1, 0.15) is 0 Å². The van der Waals surface area contributed by atoms with Crippen molar-refractivity contribution in [2.45, 2.75) is 27.2 Å². The van der Waals surface area contributed by atoms with E-state index >= 15 is 0 Å². The molecule has 3 nitrogen and oxygen atoms in total. The van der Waals surface area contributed by atoms with Crippen LogP contribution in [0.4, 0.5) is 0 Å². The number of nitrogens with two attached hydrogens (primary N) is 1. The Morgan fingerprint density at radius 2 is 2.08 bits per heavy atom. The van der Waals surface area contributed by atoms with Crippen molar-refractivity contribution in [2.75, 3.05) is 13.2 Å². The number of carbonyl (C=O) groups excluding carboxylic acids is 1. The fourth-order valence-electron chi connectivity index (χ4n) is 1.12. The van der Waals surface area contributed by atoms with Crippen LogP contribution in [-0.4, -0.2) is 19.1 Å². The molecule has 0 radical (unpaired) electrons. The lowest BCUT2D eigenvalue weighted by atomic mass is 9.97. The molecule has 0 heterocycles. The fraction of sp³-hybridized carbons (Fsp3) is 0.889. The molecule has 0 aromatic carbocycles. The molecule has 3 heteroatoms. The third-order valence-electron chi connectivity index (χ3n) is 1.66.